The molecule has 200 valence electrons. The zero-order valence-corrected chi connectivity index (χ0v) is 22.1. The van der Waals surface area contributed by atoms with Gasteiger partial charge in [0.15, 0.2) is 22.8 Å². The summed E-state index contributed by atoms with van der Waals surface area (Å²) in [7, 11) is 1.43. The van der Waals surface area contributed by atoms with Gasteiger partial charge in [0.1, 0.15) is 12.6 Å². The van der Waals surface area contributed by atoms with Gasteiger partial charge >= 0.3 is 5.97 Å². The van der Waals surface area contributed by atoms with E-state index in [0.717, 1.165) is 86.0 Å². The largest absolute Gasteiger partial charge is 0.469 e. The van der Waals surface area contributed by atoms with Crippen molar-refractivity contribution in [2.45, 2.75) is 77.0 Å². The third-order valence-electron chi connectivity index (χ3n) is 7.08. The quantitative estimate of drug-likeness (QED) is 0.209. The Labute approximate surface area is 222 Å². The Bertz CT molecular complexity index is 1380. The molecule has 38 heavy (non-hydrogen) atoms. The first kappa shape index (κ1) is 26.0. The van der Waals surface area contributed by atoms with E-state index < -0.39 is 0 Å². The van der Waals surface area contributed by atoms with Crippen molar-refractivity contribution in [2.24, 2.45) is 0 Å². The average Bonchev–Trinajstić information content (AvgIpc) is 3.41. The van der Waals surface area contributed by atoms with Crippen LogP contribution in [0.5, 0.6) is 0 Å². The highest BCUT2D eigenvalue weighted by Gasteiger charge is 2.22. The van der Waals surface area contributed by atoms with Crippen LogP contribution in [-0.4, -0.2) is 49.2 Å². The second-order valence-corrected chi connectivity index (χ2v) is 9.66. The monoisotopic (exact) mass is 517 g/mol. The molecule has 10 heteroatoms. The number of ether oxygens (including phenoxy) is 2. The summed E-state index contributed by atoms with van der Waals surface area (Å²) in [5, 5.41) is 4.61. The Morgan fingerprint density at radius 3 is 2.87 bits per heavy atom. The number of methoxy groups -OCH3 is 1. The summed E-state index contributed by atoms with van der Waals surface area (Å²) in [6.07, 6.45) is 11.2. The van der Waals surface area contributed by atoms with Crippen LogP contribution in [0.1, 0.15) is 82.1 Å². The molecule has 10 nitrogen and oxygen atoms in total. The summed E-state index contributed by atoms with van der Waals surface area (Å²) in [5.41, 5.74) is 3.42. The highest BCUT2D eigenvalue weighted by molar-refractivity contribution is 5.83. The number of carbonyl (C=O) groups is 1. The molecule has 2 atom stereocenters. The Morgan fingerprint density at radius 1 is 1.16 bits per heavy atom. The highest BCUT2D eigenvalue weighted by atomic mass is 16.5. The second-order valence-electron chi connectivity index (χ2n) is 9.66. The maximum absolute atomic E-state index is 11.4. The van der Waals surface area contributed by atoms with E-state index in [9.17, 15) is 4.79 Å². The van der Waals surface area contributed by atoms with Crippen molar-refractivity contribution in [3.05, 3.63) is 48.4 Å². The number of para-hydroxylation sites is 1. The SMILES string of the molecule is CC[C@H](Nc1ncnc2c1ncn2C1CCCCO1)c1nc(CCCCCC(=O)OC)c2ccccc2n1. The maximum Gasteiger partial charge on any atom is 0.305 e. The molecule has 4 heterocycles. The lowest BCUT2D eigenvalue weighted by Gasteiger charge is -2.23. The van der Waals surface area contributed by atoms with E-state index in [1.165, 1.54) is 7.11 Å². The van der Waals surface area contributed by atoms with Crippen LogP contribution in [0.4, 0.5) is 5.82 Å². The molecule has 1 fully saturated rings. The van der Waals surface area contributed by atoms with E-state index in [-0.39, 0.29) is 18.2 Å². The molecule has 1 saturated heterocycles. The second kappa shape index (κ2) is 12.3. The van der Waals surface area contributed by atoms with Gasteiger partial charge < -0.3 is 14.8 Å². The number of imidazole rings is 1. The number of aryl methyl sites for hydroxylation is 1. The van der Waals surface area contributed by atoms with Crippen LogP contribution >= 0.6 is 0 Å². The van der Waals surface area contributed by atoms with Crippen LogP contribution < -0.4 is 5.32 Å². The lowest BCUT2D eigenvalue weighted by Crippen LogP contribution is -2.18. The summed E-state index contributed by atoms with van der Waals surface area (Å²) in [5.74, 6) is 1.24. The lowest BCUT2D eigenvalue weighted by molar-refractivity contribution is -0.140. The predicted molar refractivity (Wildman–Crippen MR) is 145 cm³/mol. The fourth-order valence-corrected chi connectivity index (χ4v) is 4.97. The molecule has 0 spiro atoms. The van der Waals surface area contributed by atoms with Gasteiger partial charge in [0, 0.05) is 18.4 Å². The molecule has 0 aliphatic carbocycles. The number of hydrogen-bond donors (Lipinski definition) is 1. The van der Waals surface area contributed by atoms with E-state index in [2.05, 4.69) is 33.3 Å². The predicted octanol–water partition coefficient (Wildman–Crippen LogP) is 5.31. The van der Waals surface area contributed by atoms with Crippen molar-refractivity contribution >= 4 is 33.9 Å². The van der Waals surface area contributed by atoms with Gasteiger partial charge in [-0.1, -0.05) is 31.5 Å². The fourth-order valence-electron chi connectivity index (χ4n) is 4.97. The third-order valence-corrected chi connectivity index (χ3v) is 7.08. The van der Waals surface area contributed by atoms with Crippen molar-refractivity contribution in [1.82, 2.24) is 29.5 Å². The van der Waals surface area contributed by atoms with Crippen LogP contribution in [0.2, 0.25) is 0 Å². The molecule has 5 rings (SSSR count). The Balaban J connectivity index is 1.37. The fraction of sp³-hybridized carbons (Fsp3) is 0.500. The average molecular weight is 518 g/mol. The van der Waals surface area contributed by atoms with Crippen molar-refractivity contribution in [3.8, 4) is 0 Å². The minimum absolute atomic E-state index is 0.0440. The van der Waals surface area contributed by atoms with E-state index in [0.29, 0.717) is 17.8 Å². The van der Waals surface area contributed by atoms with Crippen LogP contribution in [0.25, 0.3) is 22.1 Å². The van der Waals surface area contributed by atoms with Crippen molar-refractivity contribution < 1.29 is 14.3 Å². The van der Waals surface area contributed by atoms with E-state index in [1.807, 2.05) is 22.8 Å². The molecule has 0 radical (unpaired) electrons. The zero-order chi connectivity index (χ0) is 26.3. The van der Waals surface area contributed by atoms with E-state index in [1.54, 1.807) is 12.7 Å². The van der Waals surface area contributed by atoms with Crippen molar-refractivity contribution in [2.75, 3.05) is 19.0 Å². The molecule has 3 aromatic heterocycles. The molecule has 0 bridgehead atoms. The molecule has 0 amide bonds. The van der Waals surface area contributed by atoms with Gasteiger partial charge in [-0.15, -0.1) is 0 Å². The van der Waals surface area contributed by atoms with Gasteiger partial charge in [0.2, 0.25) is 0 Å². The summed E-state index contributed by atoms with van der Waals surface area (Å²) < 4.78 is 12.7. The number of anilines is 1. The summed E-state index contributed by atoms with van der Waals surface area (Å²) in [4.78, 5) is 35.0. The number of aromatic nitrogens is 6. The number of fused-ring (bicyclic) bond motifs is 2. The molecule has 4 aromatic rings. The maximum atomic E-state index is 11.4. The van der Waals surface area contributed by atoms with Gasteiger partial charge in [0.05, 0.1) is 30.7 Å². The smallest absolute Gasteiger partial charge is 0.305 e. The Kier molecular flexibility index (Phi) is 8.37. The molecular weight excluding hydrogens is 482 g/mol. The van der Waals surface area contributed by atoms with E-state index >= 15 is 0 Å². The summed E-state index contributed by atoms with van der Waals surface area (Å²) in [6, 6.07) is 7.98. The molecule has 1 aliphatic rings. The minimum Gasteiger partial charge on any atom is -0.469 e. The number of benzene rings is 1. The first-order valence-electron chi connectivity index (χ1n) is 13.6. The van der Waals surface area contributed by atoms with Gasteiger partial charge in [-0.05, 0) is 51.0 Å². The third kappa shape index (κ3) is 5.75. The molecule has 1 unspecified atom stereocenters. The number of nitrogens with one attached hydrogen (secondary N) is 1. The van der Waals surface area contributed by atoms with Gasteiger partial charge in [0.25, 0.3) is 0 Å². The Hall–Kier alpha value is -3.66. The summed E-state index contributed by atoms with van der Waals surface area (Å²) >= 11 is 0. The molecule has 0 saturated carbocycles. The lowest BCUT2D eigenvalue weighted by atomic mass is 10.1. The Morgan fingerprint density at radius 2 is 2.05 bits per heavy atom. The number of unbranched alkanes of at least 4 members (excludes halogenated alkanes) is 2. The van der Waals surface area contributed by atoms with E-state index in [4.69, 9.17) is 19.4 Å². The van der Waals surface area contributed by atoms with Crippen LogP contribution in [0.15, 0.2) is 36.9 Å². The molecule has 1 aliphatic heterocycles. The van der Waals surface area contributed by atoms with Crippen LogP contribution in [-0.2, 0) is 20.7 Å². The minimum atomic E-state index is -0.161. The van der Waals surface area contributed by atoms with Gasteiger partial charge in [-0.2, -0.15) is 0 Å². The van der Waals surface area contributed by atoms with Crippen LogP contribution in [0, 0.1) is 0 Å². The molecular formula is C28H35N7O3. The number of esters is 1. The number of hydrogen-bond acceptors (Lipinski definition) is 9. The highest BCUT2D eigenvalue weighted by Crippen LogP contribution is 2.30. The first-order chi connectivity index (χ1) is 18.7. The summed E-state index contributed by atoms with van der Waals surface area (Å²) in [6.45, 7) is 2.86. The van der Waals surface area contributed by atoms with Crippen molar-refractivity contribution in [1.29, 1.82) is 0 Å². The van der Waals surface area contributed by atoms with Gasteiger partial charge in [-0.25, -0.2) is 24.9 Å². The van der Waals surface area contributed by atoms with Gasteiger partial charge in [-0.3, -0.25) is 9.36 Å². The van der Waals surface area contributed by atoms with Crippen molar-refractivity contribution in [3.63, 3.8) is 0 Å². The van der Waals surface area contributed by atoms with Crippen LogP contribution in [0.3, 0.4) is 0 Å². The topological polar surface area (TPSA) is 117 Å². The molecule has 1 aromatic carbocycles. The first-order valence-corrected chi connectivity index (χ1v) is 13.6. The normalized spacial score (nSPS) is 16.5. The number of nitrogens with zero attached hydrogens (tertiary/aromatic N) is 6. The molecule has 1 N–H and O–H groups in total. The number of carbonyl (C=O) groups excluding carboxylic acids is 1. The zero-order valence-electron chi connectivity index (χ0n) is 22.1. The number of rotatable bonds is 11. The standard InChI is InChI=1S/C28H35N7O3/c1-3-20(32-27-25-28(30-17-29-27)35(18-31-25)23-14-9-10-16-38-23)26-33-21(12-5-4-6-15-24(36)37-2)19-11-7-8-13-22(19)34-26/h7-8,11,13,17-18,20,23H,3-6,9-10,12,14-16H2,1-2H3,(H,29,30,32)/t20-,23?/m0/s1.